The average molecular weight is 407 g/mol. The highest BCUT2D eigenvalue weighted by Gasteiger charge is 2.23. The third-order valence-corrected chi connectivity index (χ3v) is 5.71. The molecule has 0 radical (unpaired) electrons. The minimum atomic E-state index is 0.120. The van der Waals surface area contributed by atoms with Crippen molar-refractivity contribution in [2.75, 3.05) is 62.3 Å². The van der Waals surface area contributed by atoms with Crippen LogP contribution in [0.15, 0.2) is 42.9 Å². The molecule has 1 amide bonds. The van der Waals surface area contributed by atoms with E-state index in [0.717, 1.165) is 49.0 Å². The lowest BCUT2D eigenvalue weighted by Gasteiger charge is -2.36. The Morgan fingerprint density at radius 1 is 0.933 bits per heavy atom. The molecule has 9 heteroatoms. The Bertz CT molecular complexity index is 1020. The van der Waals surface area contributed by atoms with Crippen LogP contribution in [-0.4, -0.2) is 82.8 Å². The number of imidazole rings is 1. The monoisotopic (exact) mass is 407 g/mol. The maximum Gasteiger partial charge on any atom is 0.242 e. The molecule has 0 saturated carbocycles. The van der Waals surface area contributed by atoms with E-state index in [-0.39, 0.29) is 5.91 Å². The van der Waals surface area contributed by atoms with Gasteiger partial charge in [0.1, 0.15) is 12.4 Å². The molecule has 0 atom stereocenters. The molecule has 0 bridgehead atoms. The first-order valence-corrected chi connectivity index (χ1v) is 10.4. The number of amides is 1. The lowest BCUT2D eigenvalue weighted by Crippen LogP contribution is -2.50. The van der Waals surface area contributed by atoms with E-state index < -0.39 is 0 Å². The molecular formula is C21H25N7O2. The first-order valence-electron chi connectivity index (χ1n) is 10.4. The smallest absolute Gasteiger partial charge is 0.242 e. The lowest BCUT2D eigenvalue weighted by molar-refractivity contribution is -0.132. The van der Waals surface area contributed by atoms with Crippen molar-refractivity contribution < 1.29 is 9.53 Å². The Morgan fingerprint density at radius 3 is 2.57 bits per heavy atom. The maximum absolute atomic E-state index is 12.8. The highest BCUT2D eigenvalue weighted by atomic mass is 16.5. The van der Waals surface area contributed by atoms with Gasteiger partial charge in [-0.3, -0.25) is 4.79 Å². The fourth-order valence-corrected chi connectivity index (χ4v) is 4.00. The second kappa shape index (κ2) is 8.27. The van der Waals surface area contributed by atoms with Gasteiger partial charge < -0.3 is 24.0 Å². The number of aromatic nitrogens is 4. The van der Waals surface area contributed by atoms with E-state index in [0.29, 0.717) is 32.8 Å². The number of nitrogens with zero attached hydrogens (tertiary/aromatic N) is 7. The van der Waals surface area contributed by atoms with Crippen molar-refractivity contribution >= 4 is 28.7 Å². The molecule has 30 heavy (non-hydrogen) atoms. The summed E-state index contributed by atoms with van der Waals surface area (Å²) in [6, 6.07) is 9.82. The van der Waals surface area contributed by atoms with E-state index in [1.807, 2.05) is 46.0 Å². The van der Waals surface area contributed by atoms with E-state index in [1.165, 1.54) is 0 Å². The van der Waals surface area contributed by atoms with Gasteiger partial charge in [-0.2, -0.15) is 4.98 Å². The Hall–Kier alpha value is -3.20. The fraction of sp³-hybridized carbons (Fsp3) is 0.429. The Balaban J connectivity index is 1.20. The molecule has 0 unspecified atom stereocenters. The van der Waals surface area contributed by atoms with Gasteiger partial charge in [0.05, 0.1) is 30.6 Å². The maximum atomic E-state index is 12.8. The molecule has 2 aliphatic rings. The summed E-state index contributed by atoms with van der Waals surface area (Å²) in [6.45, 7) is 6.25. The van der Waals surface area contributed by atoms with Gasteiger partial charge in [-0.1, -0.05) is 12.1 Å². The summed E-state index contributed by atoms with van der Waals surface area (Å²) in [5.74, 6) is 1.79. The van der Waals surface area contributed by atoms with Crippen LogP contribution in [0.25, 0.3) is 11.0 Å². The highest BCUT2D eigenvalue weighted by molar-refractivity contribution is 5.80. The second-order valence-electron chi connectivity index (χ2n) is 7.54. The van der Waals surface area contributed by atoms with Crippen LogP contribution < -0.4 is 9.80 Å². The molecule has 2 aliphatic heterocycles. The number of ether oxygens (including phenoxy) is 1. The number of carbonyl (C=O) groups is 1. The largest absolute Gasteiger partial charge is 0.378 e. The third kappa shape index (κ3) is 3.80. The topological polar surface area (TPSA) is 79.6 Å². The van der Waals surface area contributed by atoms with Gasteiger partial charge in [0.2, 0.25) is 11.9 Å². The molecule has 0 aliphatic carbocycles. The van der Waals surface area contributed by atoms with Gasteiger partial charge in [-0.05, 0) is 18.2 Å². The van der Waals surface area contributed by atoms with Crippen molar-refractivity contribution in [1.82, 2.24) is 24.4 Å². The van der Waals surface area contributed by atoms with Crippen molar-refractivity contribution in [2.45, 2.75) is 6.54 Å². The van der Waals surface area contributed by atoms with Gasteiger partial charge in [-0.15, -0.1) is 0 Å². The van der Waals surface area contributed by atoms with Crippen molar-refractivity contribution in [3.63, 3.8) is 0 Å². The zero-order valence-corrected chi connectivity index (χ0v) is 16.9. The third-order valence-electron chi connectivity index (χ3n) is 5.71. The van der Waals surface area contributed by atoms with Crippen molar-refractivity contribution in [1.29, 1.82) is 0 Å². The van der Waals surface area contributed by atoms with E-state index >= 15 is 0 Å². The summed E-state index contributed by atoms with van der Waals surface area (Å²) in [5, 5.41) is 0. The summed E-state index contributed by atoms with van der Waals surface area (Å²) in [7, 11) is 0. The van der Waals surface area contributed by atoms with Gasteiger partial charge in [0, 0.05) is 45.5 Å². The number of piperazine rings is 1. The zero-order valence-electron chi connectivity index (χ0n) is 16.9. The quantitative estimate of drug-likeness (QED) is 0.639. The number of carbonyl (C=O) groups excluding carboxylic acids is 1. The number of hydrogen-bond donors (Lipinski definition) is 0. The number of anilines is 2. The fourth-order valence-electron chi connectivity index (χ4n) is 4.00. The minimum absolute atomic E-state index is 0.120. The summed E-state index contributed by atoms with van der Waals surface area (Å²) in [6.07, 6.45) is 3.56. The molecule has 156 valence electrons. The Labute approximate surface area is 174 Å². The molecule has 0 spiro atoms. The van der Waals surface area contributed by atoms with Gasteiger partial charge in [0.25, 0.3) is 0 Å². The predicted octanol–water partition coefficient (Wildman–Crippen LogP) is 1.01. The minimum Gasteiger partial charge on any atom is -0.378 e. The van der Waals surface area contributed by atoms with Crippen LogP contribution in [-0.2, 0) is 16.1 Å². The van der Waals surface area contributed by atoms with Crippen molar-refractivity contribution in [3.8, 4) is 0 Å². The van der Waals surface area contributed by atoms with Crippen LogP contribution in [0.5, 0.6) is 0 Å². The first-order chi connectivity index (χ1) is 14.8. The number of benzene rings is 1. The molecule has 0 N–H and O–H groups in total. The van der Waals surface area contributed by atoms with Crippen LogP contribution in [0.4, 0.5) is 11.8 Å². The van der Waals surface area contributed by atoms with Crippen LogP contribution in [0, 0.1) is 0 Å². The van der Waals surface area contributed by atoms with Gasteiger partial charge in [0.15, 0.2) is 0 Å². The number of hydrogen-bond acceptors (Lipinski definition) is 7. The van der Waals surface area contributed by atoms with E-state index in [9.17, 15) is 4.79 Å². The van der Waals surface area contributed by atoms with E-state index in [2.05, 4.69) is 19.8 Å². The predicted molar refractivity (Wildman–Crippen MR) is 114 cm³/mol. The molecule has 1 aromatic carbocycles. The van der Waals surface area contributed by atoms with Crippen LogP contribution in [0.2, 0.25) is 0 Å². The SMILES string of the molecule is O=C(Cn1cnc2ccccc21)N1CCN(c2ccnc(N3CCOCC3)n2)CC1. The molecule has 4 heterocycles. The Morgan fingerprint density at radius 2 is 1.73 bits per heavy atom. The van der Waals surface area contributed by atoms with Gasteiger partial charge in [-0.25, -0.2) is 9.97 Å². The molecule has 3 aromatic rings. The number of morpholine rings is 1. The summed E-state index contributed by atoms with van der Waals surface area (Å²) < 4.78 is 7.33. The summed E-state index contributed by atoms with van der Waals surface area (Å²) in [5.41, 5.74) is 1.90. The zero-order chi connectivity index (χ0) is 20.3. The number of fused-ring (bicyclic) bond motifs is 1. The molecule has 2 saturated heterocycles. The molecular weight excluding hydrogens is 382 g/mol. The Kier molecular flexibility index (Phi) is 5.18. The van der Waals surface area contributed by atoms with Crippen LogP contribution in [0.1, 0.15) is 0 Å². The number of rotatable bonds is 4. The molecule has 5 rings (SSSR count). The van der Waals surface area contributed by atoms with E-state index in [4.69, 9.17) is 9.72 Å². The summed E-state index contributed by atoms with van der Waals surface area (Å²) in [4.78, 5) is 32.7. The molecule has 2 aromatic heterocycles. The average Bonchev–Trinajstić information content (AvgIpc) is 3.23. The normalized spacial score (nSPS) is 17.5. The van der Waals surface area contributed by atoms with Crippen LogP contribution >= 0.6 is 0 Å². The molecule has 9 nitrogen and oxygen atoms in total. The molecule has 2 fully saturated rings. The summed E-state index contributed by atoms with van der Waals surface area (Å²) >= 11 is 0. The second-order valence-corrected chi connectivity index (χ2v) is 7.54. The first kappa shape index (κ1) is 18.8. The van der Waals surface area contributed by atoms with Crippen LogP contribution in [0.3, 0.4) is 0 Å². The number of para-hydroxylation sites is 2. The van der Waals surface area contributed by atoms with Gasteiger partial charge >= 0.3 is 0 Å². The standard InChI is InChI=1S/C21H25N7O2/c29-20(15-28-16-23-17-3-1-2-4-18(17)28)26-9-7-25(8-10-26)19-5-6-22-21(24-19)27-11-13-30-14-12-27/h1-6,16H,7-15H2. The van der Waals surface area contributed by atoms with E-state index in [1.54, 1.807) is 6.33 Å². The lowest BCUT2D eigenvalue weighted by atomic mass is 10.3. The van der Waals surface area contributed by atoms with Crippen molar-refractivity contribution in [2.24, 2.45) is 0 Å². The van der Waals surface area contributed by atoms with Crippen molar-refractivity contribution in [3.05, 3.63) is 42.9 Å². The highest BCUT2D eigenvalue weighted by Crippen LogP contribution is 2.18.